The molecular weight excluding hydrogens is 200 g/mol. The van der Waals surface area contributed by atoms with Gasteiger partial charge in [-0.3, -0.25) is 0 Å². The molecule has 0 atom stereocenters. The van der Waals surface area contributed by atoms with Crippen molar-refractivity contribution in [3.05, 3.63) is 23.8 Å². The van der Waals surface area contributed by atoms with Crippen LogP contribution in [0.25, 0.3) is 0 Å². The molecule has 2 heterocycles. The summed E-state index contributed by atoms with van der Waals surface area (Å²) in [6.45, 7) is 2.96. The van der Waals surface area contributed by atoms with Crippen molar-refractivity contribution in [3.8, 4) is 0 Å². The van der Waals surface area contributed by atoms with E-state index < -0.39 is 0 Å². The fourth-order valence-corrected chi connectivity index (χ4v) is 2.20. The van der Waals surface area contributed by atoms with Crippen molar-refractivity contribution in [3.63, 3.8) is 0 Å². The maximum absolute atomic E-state index is 5.52. The zero-order chi connectivity index (χ0) is 11.4. The quantitative estimate of drug-likeness (QED) is 0.818. The minimum atomic E-state index is 0.607. The number of nitrogens with two attached hydrogens (primary N) is 1. The number of nitrogens with zero attached hydrogens (tertiary/aromatic N) is 3. The van der Waals surface area contributed by atoms with Crippen molar-refractivity contribution in [2.75, 3.05) is 26.7 Å². The van der Waals surface area contributed by atoms with Crippen molar-refractivity contribution in [1.82, 2.24) is 14.9 Å². The maximum atomic E-state index is 5.52. The molecule has 0 spiro atoms. The molecule has 0 amide bonds. The van der Waals surface area contributed by atoms with E-state index in [1.54, 1.807) is 0 Å². The van der Waals surface area contributed by atoms with Gasteiger partial charge in [-0.15, -0.1) is 0 Å². The summed E-state index contributed by atoms with van der Waals surface area (Å²) < 4.78 is 0. The lowest BCUT2D eigenvalue weighted by Crippen LogP contribution is -2.29. The molecule has 1 saturated heterocycles. The molecule has 1 aromatic rings. The molecule has 1 aromatic heterocycles. The van der Waals surface area contributed by atoms with Crippen molar-refractivity contribution in [1.29, 1.82) is 0 Å². The first-order valence-electron chi connectivity index (χ1n) is 6.00. The first kappa shape index (κ1) is 11.5. The maximum Gasteiger partial charge on any atom is 0.129 e. The summed E-state index contributed by atoms with van der Waals surface area (Å²) in [7, 11) is 2.18. The number of hydrogen-bond acceptors (Lipinski definition) is 4. The van der Waals surface area contributed by atoms with Crippen LogP contribution in [0.5, 0.6) is 0 Å². The smallest absolute Gasteiger partial charge is 0.129 e. The monoisotopic (exact) mass is 220 g/mol. The highest BCUT2D eigenvalue weighted by Gasteiger charge is 2.19. The number of piperidine rings is 1. The fourth-order valence-electron chi connectivity index (χ4n) is 2.20. The van der Waals surface area contributed by atoms with Crippen LogP contribution in [-0.2, 0) is 6.42 Å². The molecule has 1 fully saturated rings. The van der Waals surface area contributed by atoms with Gasteiger partial charge in [0.25, 0.3) is 0 Å². The van der Waals surface area contributed by atoms with E-state index in [4.69, 9.17) is 5.73 Å². The Morgan fingerprint density at radius 1 is 1.44 bits per heavy atom. The van der Waals surface area contributed by atoms with Gasteiger partial charge in [-0.05, 0) is 45.6 Å². The number of hydrogen-bond donors (Lipinski definition) is 1. The second kappa shape index (κ2) is 5.37. The largest absolute Gasteiger partial charge is 0.330 e. The topological polar surface area (TPSA) is 55.0 Å². The standard InChI is InChI=1S/C12H20N4/c1-16-8-4-10(5-9-16)11-3-7-14-12(15-11)2-6-13/h3,7,10H,2,4-6,8-9,13H2,1H3. The Labute approximate surface area is 96.9 Å². The minimum Gasteiger partial charge on any atom is -0.330 e. The predicted molar refractivity (Wildman–Crippen MR) is 64.3 cm³/mol. The number of rotatable bonds is 3. The summed E-state index contributed by atoms with van der Waals surface area (Å²) in [6, 6.07) is 2.05. The first-order chi connectivity index (χ1) is 7.79. The molecule has 0 saturated carbocycles. The number of aromatic nitrogens is 2. The van der Waals surface area contributed by atoms with Crippen LogP contribution in [0.2, 0.25) is 0 Å². The first-order valence-corrected chi connectivity index (χ1v) is 6.00. The summed E-state index contributed by atoms with van der Waals surface area (Å²) in [4.78, 5) is 11.2. The van der Waals surface area contributed by atoms with Crippen LogP contribution in [-0.4, -0.2) is 41.5 Å². The highest BCUT2D eigenvalue weighted by atomic mass is 15.1. The third-order valence-corrected chi connectivity index (χ3v) is 3.23. The molecule has 1 aliphatic rings. The van der Waals surface area contributed by atoms with Crippen molar-refractivity contribution in [2.45, 2.75) is 25.2 Å². The van der Waals surface area contributed by atoms with Gasteiger partial charge < -0.3 is 10.6 Å². The molecule has 0 bridgehead atoms. The fraction of sp³-hybridized carbons (Fsp3) is 0.667. The van der Waals surface area contributed by atoms with Gasteiger partial charge >= 0.3 is 0 Å². The SMILES string of the molecule is CN1CCC(c2ccnc(CCN)n2)CC1. The average molecular weight is 220 g/mol. The summed E-state index contributed by atoms with van der Waals surface area (Å²) in [5, 5.41) is 0. The molecular formula is C12H20N4. The Kier molecular flexibility index (Phi) is 3.85. The van der Waals surface area contributed by atoms with E-state index in [0.717, 1.165) is 12.2 Å². The lowest BCUT2D eigenvalue weighted by molar-refractivity contribution is 0.253. The van der Waals surface area contributed by atoms with E-state index in [-0.39, 0.29) is 0 Å². The molecule has 1 aliphatic heterocycles. The van der Waals surface area contributed by atoms with Crippen LogP contribution < -0.4 is 5.73 Å². The van der Waals surface area contributed by atoms with E-state index in [1.807, 2.05) is 6.20 Å². The lowest BCUT2D eigenvalue weighted by Gasteiger charge is -2.28. The zero-order valence-corrected chi connectivity index (χ0v) is 9.89. The molecule has 2 N–H and O–H groups in total. The minimum absolute atomic E-state index is 0.607. The van der Waals surface area contributed by atoms with Gasteiger partial charge in [-0.1, -0.05) is 0 Å². The van der Waals surface area contributed by atoms with Gasteiger partial charge in [0.1, 0.15) is 5.82 Å². The Bertz CT molecular complexity index is 332. The highest BCUT2D eigenvalue weighted by molar-refractivity contribution is 5.10. The third-order valence-electron chi connectivity index (χ3n) is 3.23. The van der Waals surface area contributed by atoms with Crippen LogP contribution in [0.3, 0.4) is 0 Å². The van der Waals surface area contributed by atoms with Gasteiger partial charge in [-0.25, -0.2) is 9.97 Å². The average Bonchev–Trinajstić information content (AvgIpc) is 2.31. The molecule has 0 radical (unpaired) electrons. The van der Waals surface area contributed by atoms with Crippen LogP contribution in [0, 0.1) is 0 Å². The van der Waals surface area contributed by atoms with Crippen molar-refractivity contribution in [2.24, 2.45) is 5.73 Å². The Morgan fingerprint density at radius 2 is 2.19 bits per heavy atom. The second-order valence-corrected chi connectivity index (χ2v) is 4.51. The van der Waals surface area contributed by atoms with Crippen molar-refractivity contribution >= 4 is 0 Å². The lowest BCUT2D eigenvalue weighted by atomic mass is 9.93. The van der Waals surface area contributed by atoms with Crippen molar-refractivity contribution < 1.29 is 0 Å². The van der Waals surface area contributed by atoms with Crippen LogP contribution in [0.4, 0.5) is 0 Å². The van der Waals surface area contributed by atoms with E-state index in [2.05, 4.69) is 28.0 Å². The molecule has 0 unspecified atom stereocenters. The zero-order valence-electron chi connectivity index (χ0n) is 9.89. The molecule has 16 heavy (non-hydrogen) atoms. The molecule has 0 aliphatic carbocycles. The predicted octanol–water partition coefficient (Wildman–Crippen LogP) is 0.787. The molecule has 88 valence electrons. The molecule has 4 heteroatoms. The Balaban J connectivity index is 2.05. The molecule has 0 aromatic carbocycles. The van der Waals surface area contributed by atoms with Gasteiger partial charge in [0.2, 0.25) is 0 Å². The normalized spacial score (nSPS) is 18.9. The summed E-state index contributed by atoms with van der Waals surface area (Å²) in [5.74, 6) is 1.50. The van der Waals surface area contributed by atoms with Gasteiger partial charge in [-0.2, -0.15) is 0 Å². The van der Waals surface area contributed by atoms with Crippen LogP contribution >= 0.6 is 0 Å². The van der Waals surface area contributed by atoms with E-state index in [9.17, 15) is 0 Å². The van der Waals surface area contributed by atoms with E-state index >= 15 is 0 Å². The summed E-state index contributed by atoms with van der Waals surface area (Å²) >= 11 is 0. The van der Waals surface area contributed by atoms with Gasteiger partial charge in [0, 0.05) is 24.2 Å². The van der Waals surface area contributed by atoms with Crippen LogP contribution in [0.1, 0.15) is 30.3 Å². The van der Waals surface area contributed by atoms with Gasteiger partial charge in [0.05, 0.1) is 0 Å². The second-order valence-electron chi connectivity index (χ2n) is 4.51. The summed E-state index contributed by atoms with van der Waals surface area (Å²) in [5.41, 5.74) is 6.72. The van der Waals surface area contributed by atoms with Crippen LogP contribution in [0.15, 0.2) is 12.3 Å². The number of likely N-dealkylation sites (tertiary alicyclic amines) is 1. The highest BCUT2D eigenvalue weighted by Crippen LogP contribution is 2.25. The van der Waals surface area contributed by atoms with E-state index in [0.29, 0.717) is 12.5 Å². The molecule has 2 rings (SSSR count). The summed E-state index contributed by atoms with van der Waals surface area (Å²) in [6.07, 6.45) is 5.05. The van der Waals surface area contributed by atoms with E-state index in [1.165, 1.54) is 31.6 Å². The van der Waals surface area contributed by atoms with Gasteiger partial charge in [0.15, 0.2) is 0 Å². The third kappa shape index (κ3) is 2.77. The molecule has 4 nitrogen and oxygen atoms in total. The Hall–Kier alpha value is -1.00. The Morgan fingerprint density at radius 3 is 2.88 bits per heavy atom.